The maximum Gasteiger partial charge on any atom is 0.137 e. The Hall–Kier alpha value is -7.08. The fraction of sp³-hybridized carbons (Fsp3) is 0. The Morgan fingerprint density at radius 2 is 1.08 bits per heavy atom. The molecule has 0 atom stereocenters. The molecule has 0 unspecified atom stereocenters. The summed E-state index contributed by atoms with van der Waals surface area (Å²) in [6, 6.07) is 54.0. The van der Waals surface area contributed by atoms with E-state index < -0.39 is 0 Å². The van der Waals surface area contributed by atoms with Crippen molar-refractivity contribution >= 4 is 65.6 Å². The Kier molecular flexibility index (Phi) is 5.64. The molecule has 5 nitrogen and oxygen atoms in total. The number of hydrogen-bond acceptors (Lipinski definition) is 3. The van der Waals surface area contributed by atoms with E-state index in [1.54, 1.807) is 0 Å². The highest BCUT2D eigenvalue weighted by Gasteiger charge is 2.23. The fourth-order valence-corrected chi connectivity index (χ4v) is 7.78. The summed E-state index contributed by atoms with van der Waals surface area (Å²) >= 11 is 0. The molecule has 226 valence electrons. The van der Waals surface area contributed by atoms with Gasteiger partial charge in [-0.15, -0.1) is 0 Å². The van der Waals surface area contributed by atoms with Crippen molar-refractivity contribution in [2.24, 2.45) is 0 Å². The molecule has 49 heavy (non-hydrogen) atoms. The zero-order valence-corrected chi connectivity index (χ0v) is 26.1. The Bertz CT molecular complexity index is 3030. The van der Waals surface area contributed by atoms with E-state index in [4.69, 9.17) is 4.42 Å². The first-order valence-electron chi connectivity index (χ1n) is 16.1. The van der Waals surface area contributed by atoms with E-state index >= 15 is 0 Å². The third-order valence-electron chi connectivity index (χ3n) is 9.81. The van der Waals surface area contributed by atoms with Crippen LogP contribution in [-0.2, 0) is 0 Å². The molecule has 0 N–H and O–H groups in total. The van der Waals surface area contributed by atoms with Crippen LogP contribution in [0.25, 0.3) is 88.1 Å². The molecule has 3 aromatic heterocycles. The van der Waals surface area contributed by atoms with Crippen LogP contribution in [0.5, 0.6) is 0 Å². The SMILES string of the molecule is N#Cc1ccc(-c2cccc(-n3c4ccccc4c4ccccc43)c2C#N)c(-n2c3ccccc3c3ccc4oc5ccccc5c4c32)c1. The summed E-state index contributed by atoms with van der Waals surface area (Å²) in [5.74, 6) is 0. The summed E-state index contributed by atoms with van der Waals surface area (Å²) in [6.45, 7) is 0. The van der Waals surface area contributed by atoms with Crippen LogP contribution in [0.2, 0.25) is 0 Å². The minimum atomic E-state index is 0.533. The molecule has 0 saturated heterocycles. The highest BCUT2D eigenvalue weighted by Crippen LogP contribution is 2.44. The molecule has 0 fully saturated rings. The predicted octanol–water partition coefficient (Wildman–Crippen LogP) is 11.2. The molecule has 0 bridgehead atoms. The number of nitrogens with zero attached hydrogens (tertiary/aromatic N) is 4. The second-order valence-electron chi connectivity index (χ2n) is 12.3. The predicted molar refractivity (Wildman–Crippen MR) is 197 cm³/mol. The summed E-state index contributed by atoms with van der Waals surface area (Å²) in [6.07, 6.45) is 0. The monoisotopic (exact) mass is 624 g/mol. The first-order valence-corrected chi connectivity index (χ1v) is 16.1. The van der Waals surface area contributed by atoms with Crippen LogP contribution >= 0.6 is 0 Å². The molecular formula is C44H24N4O. The van der Waals surface area contributed by atoms with Crippen molar-refractivity contribution in [2.45, 2.75) is 0 Å². The Morgan fingerprint density at radius 3 is 1.78 bits per heavy atom. The lowest BCUT2D eigenvalue weighted by molar-refractivity contribution is 0.669. The molecule has 0 aliphatic carbocycles. The van der Waals surface area contributed by atoms with E-state index in [0.29, 0.717) is 11.1 Å². The lowest BCUT2D eigenvalue weighted by atomic mass is 9.95. The molecule has 0 aliphatic rings. The van der Waals surface area contributed by atoms with E-state index in [-0.39, 0.29) is 0 Å². The van der Waals surface area contributed by atoms with Gasteiger partial charge in [0.25, 0.3) is 0 Å². The van der Waals surface area contributed by atoms with Crippen LogP contribution in [0.4, 0.5) is 0 Å². The van der Waals surface area contributed by atoms with E-state index in [1.807, 2.05) is 78.9 Å². The van der Waals surface area contributed by atoms with Gasteiger partial charge < -0.3 is 13.6 Å². The molecule has 0 saturated carbocycles. The summed E-state index contributed by atoms with van der Waals surface area (Å²) in [5, 5.41) is 27.6. The van der Waals surface area contributed by atoms with E-state index in [1.165, 1.54) is 0 Å². The molecule has 10 aromatic rings. The molecule has 0 radical (unpaired) electrons. The van der Waals surface area contributed by atoms with E-state index in [2.05, 4.69) is 88.0 Å². The number of benzene rings is 7. The first kappa shape index (κ1) is 27.1. The van der Waals surface area contributed by atoms with Crippen molar-refractivity contribution in [3.8, 4) is 34.6 Å². The average Bonchev–Trinajstić information content (AvgIpc) is 3.82. The van der Waals surface area contributed by atoms with Crippen molar-refractivity contribution in [1.82, 2.24) is 9.13 Å². The minimum Gasteiger partial charge on any atom is -0.456 e. The van der Waals surface area contributed by atoms with Gasteiger partial charge in [0, 0.05) is 38.1 Å². The Balaban J connectivity index is 1.34. The molecule has 0 amide bonds. The fourth-order valence-electron chi connectivity index (χ4n) is 7.78. The zero-order valence-electron chi connectivity index (χ0n) is 26.1. The smallest absolute Gasteiger partial charge is 0.137 e. The molecule has 5 heteroatoms. The topological polar surface area (TPSA) is 70.6 Å². The van der Waals surface area contributed by atoms with Crippen molar-refractivity contribution in [1.29, 1.82) is 10.5 Å². The van der Waals surface area contributed by atoms with Gasteiger partial charge in [0.05, 0.1) is 56.0 Å². The van der Waals surface area contributed by atoms with Crippen LogP contribution in [0.15, 0.2) is 150 Å². The number of furan rings is 1. The Morgan fingerprint density at radius 1 is 0.449 bits per heavy atom. The second kappa shape index (κ2) is 10.2. The third kappa shape index (κ3) is 3.73. The van der Waals surface area contributed by atoms with Gasteiger partial charge in [-0.1, -0.05) is 91.0 Å². The molecule has 3 heterocycles. The largest absolute Gasteiger partial charge is 0.456 e. The maximum atomic E-state index is 11.0. The number of aromatic nitrogens is 2. The molecular weight excluding hydrogens is 601 g/mol. The number of hydrogen-bond donors (Lipinski definition) is 0. The number of nitriles is 2. The van der Waals surface area contributed by atoms with Gasteiger partial charge in [-0.2, -0.15) is 10.5 Å². The van der Waals surface area contributed by atoms with Gasteiger partial charge in [0.2, 0.25) is 0 Å². The van der Waals surface area contributed by atoms with Crippen LogP contribution in [0.3, 0.4) is 0 Å². The number of rotatable bonds is 3. The lowest BCUT2D eigenvalue weighted by Crippen LogP contribution is -2.02. The summed E-state index contributed by atoms with van der Waals surface area (Å²) in [5.41, 5.74) is 10.0. The summed E-state index contributed by atoms with van der Waals surface area (Å²) in [7, 11) is 0. The number of fused-ring (bicyclic) bond motifs is 10. The highest BCUT2D eigenvalue weighted by molar-refractivity contribution is 6.24. The van der Waals surface area contributed by atoms with E-state index in [9.17, 15) is 10.5 Å². The van der Waals surface area contributed by atoms with Gasteiger partial charge in [0.15, 0.2) is 0 Å². The second-order valence-corrected chi connectivity index (χ2v) is 12.3. The van der Waals surface area contributed by atoms with Crippen molar-refractivity contribution in [3.05, 3.63) is 157 Å². The summed E-state index contributed by atoms with van der Waals surface area (Å²) < 4.78 is 10.8. The van der Waals surface area contributed by atoms with Crippen LogP contribution < -0.4 is 0 Å². The van der Waals surface area contributed by atoms with Crippen LogP contribution in [0, 0.1) is 22.7 Å². The first-order chi connectivity index (χ1) is 24.2. The molecule has 10 rings (SSSR count). The van der Waals surface area contributed by atoms with Crippen molar-refractivity contribution in [2.75, 3.05) is 0 Å². The van der Waals surface area contributed by atoms with Gasteiger partial charge in [-0.3, -0.25) is 0 Å². The highest BCUT2D eigenvalue weighted by atomic mass is 16.3. The van der Waals surface area contributed by atoms with Crippen LogP contribution in [0.1, 0.15) is 11.1 Å². The molecule has 0 spiro atoms. The minimum absolute atomic E-state index is 0.533. The van der Waals surface area contributed by atoms with Crippen LogP contribution in [-0.4, -0.2) is 9.13 Å². The number of para-hydroxylation sites is 4. The normalized spacial score (nSPS) is 11.6. The van der Waals surface area contributed by atoms with Gasteiger partial charge in [-0.05, 0) is 54.6 Å². The zero-order chi connectivity index (χ0) is 32.6. The standard InChI is InChI=1S/C44H24N4O/c45-25-27-20-21-32(28-14-9-18-39(35(28)26-46)47-36-15-5-1-10-29(36)30-11-2-6-16-37(30)47)40(24-27)48-38-17-7-3-12-31(38)33-22-23-42-43(44(33)48)34-13-4-8-19-41(34)49-42/h1-24H. The van der Waals surface area contributed by atoms with Gasteiger partial charge in [0.1, 0.15) is 17.2 Å². The van der Waals surface area contributed by atoms with Gasteiger partial charge in [-0.25, -0.2) is 0 Å². The summed E-state index contributed by atoms with van der Waals surface area (Å²) in [4.78, 5) is 0. The van der Waals surface area contributed by atoms with E-state index in [0.717, 1.165) is 88.1 Å². The lowest BCUT2D eigenvalue weighted by Gasteiger charge is -2.18. The third-order valence-corrected chi connectivity index (χ3v) is 9.81. The van der Waals surface area contributed by atoms with Crippen molar-refractivity contribution in [3.63, 3.8) is 0 Å². The average molecular weight is 625 g/mol. The van der Waals surface area contributed by atoms with Crippen molar-refractivity contribution < 1.29 is 4.42 Å². The molecule has 0 aliphatic heterocycles. The quantitative estimate of drug-likeness (QED) is 0.196. The van der Waals surface area contributed by atoms with Gasteiger partial charge >= 0.3 is 0 Å². The Labute approximate surface area is 280 Å². The molecule has 7 aromatic carbocycles. The maximum absolute atomic E-state index is 11.0.